The first-order chi connectivity index (χ1) is 10.1. The van der Waals surface area contributed by atoms with Crippen LogP contribution < -0.4 is 10.5 Å². The lowest BCUT2D eigenvalue weighted by Crippen LogP contribution is -2.11. The minimum absolute atomic E-state index is 0.300. The summed E-state index contributed by atoms with van der Waals surface area (Å²) in [6.45, 7) is 4.05. The summed E-state index contributed by atoms with van der Waals surface area (Å²) in [6.07, 6.45) is 0. The molecule has 3 rings (SSSR count). The van der Waals surface area contributed by atoms with Gasteiger partial charge in [-0.2, -0.15) is 0 Å². The third-order valence-electron chi connectivity index (χ3n) is 3.86. The van der Waals surface area contributed by atoms with Crippen LogP contribution in [0.25, 0.3) is 11.0 Å². The van der Waals surface area contributed by atoms with Crippen LogP contribution in [0.2, 0.25) is 0 Å². The zero-order chi connectivity index (χ0) is 15.0. The number of nitrogens with two attached hydrogens (primary N) is 1. The fraction of sp³-hybridized carbons (Fsp3) is 0.222. The van der Waals surface area contributed by atoms with E-state index in [4.69, 9.17) is 14.9 Å². The van der Waals surface area contributed by atoms with E-state index in [2.05, 4.69) is 0 Å². The Morgan fingerprint density at radius 2 is 1.86 bits per heavy atom. The Hall–Kier alpha value is -2.26. The molecule has 3 heteroatoms. The number of aryl methyl sites for hydroxylation is 2. The molecule has 0 aliphatic rings. The summed E-state index contributed by atoms with van der Waals surface area (Å²) in [7, 11) is 1.67. The van der Waals surface area contributed by atoms with Crippen LogP contribution in [0.3, 0.4) is 0 Å². The van der Waals surface area contributed by atoms with Gasteiger partial charge in [-0.25, -0.2) is 0 Å². The summed E-state index contributed by atoms with van der Waals surface area (Å²) < 4.78 is 11.3. The molecule has 2 aromatic carbocycles. The second kappa shape index (κ2) is 5.26. The lowest BCUT2D eigenvalue weighted by molar-refractivity contribution is 0.410. The largest absolute Gasteiger partial charge is 0.496 e. The van der Waals surface area contributed by atoms with Crippen molar-refractivity contribution in [3.63, 3.8) is 0 Å². The van der Waals surface area contributed by atoms with Crippen molar-refractivity contribution in [2.75, 3.05) is 7.11 Å². The zero-order valence-electron chi connectivity index (χ0n) is 12.5. The molecule has 0 aliphatic carbocycles. The van der Waals surface area contributed by atoms with E-state index >= 15 is 0 Å². The third-order valence-corrected chi connectivity index (χ3v) is 3.86. The molecule has 1 atom stereocenters. The lowest BCUT2D eigenvalue weighted by Gasteiger charge is -2.12. The maximum Gasteiger partial charge on any atom is 0.137 e. The van der Waals surface area contributed by atoms with Crippen LogP contribution in [0, 0.1) is 13.8 Å². The molecule has 1 heterocycles. The van der Waals surface area contributed by atoms with Gasteiger partial charge in [0.15, 0.2) is 0 Å². The fourth-order valence-corrected chi connectivity index (χ4v) is 2.58. The quantitative estimate of drug-likeness (QED) is 0.786. The Morgan fingerprint density at radius 3 is 2.57 bits per heavy atom. The van der Waals surface area contributed by atoms with Crippen molar-refractivity contribution in [2.24, 2.45) is 5.73 Å². The molecular weight excluding hydrogens is 262 g/mol. The van der Waals surface area contributed by atoms with Crippen LogP contribution in [0.4, 0.5) is 0 Å². The first kappa shape index (κ1) is 13.7. The highest BCUT2D eigenvalue weighted by atomic mass is 16.5. The van der Waals surface area contributed by atoms with Crippen LogP contribution in [-0.2, 0) is 0 Å². The van der Waals surface area contributed by atoms with Gasteiger partial charge in [0.2, 0.25) is 0 Å². The zero-order valence-corrected chi connectivity index (χ0v) is 12.5. The van der Waals surface area contributed by atoms with E-state index in [0.29, 0.717) is 0 Å². The van der Waals surface area contributed by atoms with Gasteiger partial charge in [0.1, 0.15) is 17.1 Å². The van der Waals surface area contributed by atoms with Crippen molar-refractivity contribution in [1.82, 2.24) is 0 Å². The Morgan fingerprint density at radius 1 is 1.05 bits per heavy atom. The van der Waals surface area contributed by atoms with Crippen molar-refractivity contribution in [1.29, 1.82) is 0 Å². The van der Waals surface area contributed by atoms with Gasteiger partial charge >= 0.3 is 0 Å². The van der Waals surface area contributed by atoms with Gasteiger partial charge in [0.25, 0.3) is 0 Å². The lowest BCUT2D eigenvalue weighted by atomic mass is 10.0. The number of fused-ring (bicyclic) bond motifs is 1. The summed E-state index contributed by atoms with van der Waals surface area (Å²) in [5.41, 5.74) is 10.4. The Bertz CT molecular complexity index is 789. The molecule has 1 aromatic heterocycles. The molecule has 0 bridgehead atoms. The van der Waals surface area contributed by atoms with Gasteiger partial charge in [-0.05, 0) is 42.7 Å². The third kappa shape index (κ3) is 2.41. The van der Waals surface area contributed by atoms with Gasteiger partial charge in [-0.15, -0.1) is 0 Å². The predicted molar refractivity (Wildman–Crippen MR) is 84.7 cm³/mol. The highest BCUT2D eigenvalue weighted by Crippen LogP contribution is 2.30. The summed E-state index contributed by atoms with van der Waals surface area (Å²) in [4.78, 5) is 0. The summed E-state index contributed by atoms with van der Waals surface area (Å²) in [6, 6.07) is 13.8. The van der Waals surface area contributed by atoms with Crippen LogP contribution in [-0.4, -0.2) is 7.11 Å². The molecule has 0 aliphatic heterocycles. The van der Waals surface area contributed by atoms with Crippen LogP contribution >= 0.6 is 0 Å². The van der Waals surface area contributed by atoms with Crippen molar-refractivity contribution in [2.45, 2.75) is 19.9 Å². The van der Waals surface area contributed by atoms with Gasteiger partial charge in [-0.1, -0.05) is 30.3 Å². The van der Waals surface area contributed by atoms with Crippen LogP contribution in [0.1, 0.15) is 28.5 Å². The number of methoxy groups -OCH3 is 1. The topological polar surface area (TPSA) is 48.4 Å². The van der Waals surface area contributed by atoms with Crippen molar-refractivity contribution in [3.8, 4) is 5.75 Å². The smallest absolute Gasteiger partial charge is 0.137 e. The molecule has 1 unspecified atom stereocenters. The van der Waals surface area contributed by atoms with Crippen molar-refractivity contribution >= 4 is 11.0 Å². The SMILES string of the molecule is COc1cc(C(N)c2cc3cccc(C)c3o2)ccc1C. The molecule has 0 spiro atoms. The number of hydrogen-bond acceptors (Lipinski definition) is 3. The maximum absolute atomic E-state index is 6.35. The average Bonchev–Trinajstić information content (AvgIpc) is 2.92. The standard InChI is InChI=1S/C18H19NO2/c1-11-7-8-13(9-15(11)20-3)17(19)16-10-14-6-4-5-12(2)18(14)21-16/h4-10,17H,19H2,1-3H3. The number of ether oxygens (including phenoxy) is 1. The number of para-hydroxylation sites is 1. The van der Waals surface area contributed by atoms with E-state index in [9.17, 15) is 0 Å². The second-order valence-corrected chi connectivity index (χ2v) is 5.35. The molecule has 3 nitrogen and oxygen atoms in total. The summed E-state index contributed by atoms with van der Waals surface area (Å²) in [5, 5.41) is 1.08. The van der Waals surface area contributed by atoms with Crippen molar-refractivity contribution < 1.29 is 9.15 Å². The molecule has 0 amide bonds. The average molecular weight is 281 g/mol. The van der Waals surface area contributed by atoms with E-state index in [-0.39, 0.29) is 6.04 Å². The molecule has 0 radical (unpaired) electrons. The minimum Gasteiger partial charge on any atom is -0.496 e. The first-order valence-electron chi connectivity index (χ1n) is 6.99. The summed E-state index contributed by atoms with van der Waals surface area (Å²) >= 11 is 0. The van der Waals surface area contributed by atoms with Gasteiger partial charge in [0.05, 0.1) is 13.2 Å². The van der Waals surface area contributed by atoms with Crippen LogP contribution in [0.15, 0.2) is 46.9 Å². The number of rotatable bonds is 3. The number of benzene rings is 2. The number of furan rings is 1. The van der Waals surface area contributed by atoms with Gasteiger partial charge in [0, 0.05) is 5.39 Å². The predicted octanol–water partition coefficient (Wildman–Crippen LogP) is 4.11. The van der Waals surface area contributed by atoms with Crippen LogP contribution in [0.5, 0.6) is 5.75 Å². The van der Waals surface area contributed by atoms with E-state index in [1.165, 1.54) is 0 Å². The Labute approximate surface area is 124 Å². The van der Waals surface area contributed by atoms with E-state index in [1.54, 1.807) is 7.11 Å². The van der Waals surface area contributed by atoms with E-state index in [0.717, 1.165) is 39.2 Å². The van der Waals surface area contributed by atoms with Gasteiger partial charge < -0.3 is 14.9 Å². The first-order valence-corrected chi connectivity index (χ1v) is 6.99. The van der Waals surface area contributed by atoms with E-state index < -0.39 is 0 Å². The monoisotopic (exact) mass is 281 g/mol. The highest BCUT2D eigenvalue weighted by Gasteiger charge is 2.16. The normalized spacial score (nSPS) is 12.6. The molecule has 0 fully saturated rings. The Balaban J connectivity index is 2.03. The fourth-order valence-electron chi connectivity index (χ4n) is 2.58. The number of hydrogen-bond donors (Lipinski definition) is 1. The molecular formula is C18H19NO2. The molecule has 0 saturated heterocycles. The summed E-state index contributed by atoms with van der Waals surface area (Å²) in [5.74, 6) is 1.61. The van der Waals surface area contributed by atoms with Gasteiger partial charge in [-0.3, -0.25) is 0 Å². The molecule has 3 aromatic rings. The molecule has 108 valence electrons. The minimum atomic E-state index is -0.300. The highest BCUT2D eigenvalue weighted by molar-refractivity contribution is 5.81. The van der Waals surface area contributed by atoms with E-state index in [1.807, 2.05) is 56.3 Å². The second-order valence-electron chi connectivity index (χ2n) is 5.35. The maximum atomic E-state index is 6.35. The Kier molecular flexibility index (Phi) is 3.43. The molecule has 0 saturated carbocycles. The van der Waals surface area contributed by atoms with Crippen molar-refractivity contribution in [3.05, 3.63) is 64.9 Å². The molecule has 21 heavy (non-hydrogen) atoms. The molecule has 2 N–H and O–H groups in total.